The van der Waals surface area contributed by atoms with E-state index in [-0.39, 0.29) is 51.2 Å². The molecule has 0 N–H and O–H groups in total. The second kappa shape index (κ2) is 7.93. The molecule has 4 atom stereocenters. The topological polar surface area (TPSA) is 130 Å². The Morgan fingerprint density at radius 2 is 1.87 bits per heavy atom. The average molecular weight is 464 g/mol. The van der Waals surface area contributed by atoms with Crippen LogP contribution in [-0.2, 0) is 23.9 Å². The zero-order valence-corrected chi connectivity index (χ0v) is 22.4. The van der Waals surface area contributed by atoms with Crippen LogP contribution in [0.3, 0.4) is 0 Å². The molecular weight excluding hydrogens is 437 g/mol. The number of nitrogens with zero attached hydrogens (tertiary/aromatic N) is 3. The van der Waals surface area contributed by atoms with Crippen molar-refractivity contribution in [1.82, 2.24) is 15.1 Å². The third-order valence-electron chi connectivity index (χ3n) is 6.26. The van der Waals surface area contributed by atoms with E-state index in [4.69, 9.17) is 4.43 Å². The molecule has 0 radical (unpaired) electrons. The van der Waals surface area contributed by atoms with Gasteiger partial charge in [-0.1, -0.05) is 20.8 Å². The van der Waals surface area contributed by atoms with E-state index in [9.17, 15) is 23.1 Å². The first-order valence-corrected chi connectivity index (χ1v) is 14.2. The molecule has 160 valence electrons. The number of amides is 1. The average Bonchev–Trinajstić information content (AvgIpc) is 2.82. The van der Waals surface area contributed by atoms with Crippen LogP contribution in [0, 0.1) is 5.92 Å². The Labute approximate surface area is 199 Å². The van der Waals surface area contributed by atoms with E-state index in [2.05, 4.69) is 44.1 Å². The first kappa shape index (κ1) is 25.4. The molecule has 30 heavy (non-hydrogen) atoms. The van der Waals surface area contributed by atoms with Crippen LogP contribution >= 0.6 is 0 Å². The molecule has 3 heterocycles. The van der Waals surface area contributed by atoms with Crippen molar-refractivity contribution >= 4 is 30.0 Å². The van der Waals surface area contributed by atoms with Crippen LogP contribution < -0.4 is 34.7 Å². The maximum Gasteiger partial charge on any atom is 1.00 e. The molecule has 9 nitrogen and oxygen atoms in total. The molecule has 1 aromatic heterocycles. The van der Waals surface area contributed by atoms with Crippen molar-refractivity contribution in [3.8, 4) is 0 Å². The second-order valence-corrected chi connectivity index (χ2v) is 16.0. The Morgan fingerprint density at radius 1 is 1.30 bits per heavy atom. The molecule has 1 saturated heterocycles. The zero-order chi connectivity index (χ0) is 22.1. The number of carboxylic acids is 1. The summed E-state index contributed by atoms with van der Waals surface area (Å²) in [5.41, 5.74) is 0.433. The Hall–Kier alpha value is -0.853. The number of carbonyl (C=O) groups excluding carboxylic acids is 2. The fraction of sp³-hybridized carbons (Fsp3) is 0.667. The number of fused-ring (bicyclic) bond motifs is 3. The first-order valence-electron chi connectivity index (χ1n) is 9.36. The number of aliphatic carboxylic acids is 1. The maximum atomic E-state index is 12.9. The van der Waals surface area contributed by atoms with Crippen LogP contribution in [0.15, 0.2) is 11.1 Å². The number of hydrogen-bond acceptors (Lipinski definition) is 8. The van der Waals surface area contributed by atoms with Crippen molar-refractivity contribution in [3.05, 3.63) is 17.3 Å². The van der Waals surface area contributed by atoms with Crippen molar-refractivity contribution in [1.29, 1.82) is 0 Å². The van der Waals surface area contributed by atoms with Gasteiger partial charge >= 0.3 is 29.6 Å². The fourth-order valence-corrected chi connectivity index (χ4v) is 5.68. The van der Waals surface area contributed by atoms with Gasteiger partial charge in [0.1, 0.15) is 6.04 Å². The predicted molar refractivity (Wildman–Crippen MR) is 104 cm³/mol. The Morgan fingerprint density at radius 3 is 2.33 bits per heavy atom. The standard InChI is InChI=1S/C18H27N3O6SSi.Na/c1-9(27-29(6,7)18(2,3)4)12-14-10-8-11(28(5,25)26)19-20-13(10)15(17(23)24)21(14)16(12)22;/h8-9,12,14-15H,1-7H3,(H,23,24);/q;+1/p-1/t9-,12-,14-,15?;/m1./s1. The van der Waals surface area contributed by atoms with Gasteiger partial charge in [-0.25, -0.2) is 8.42 Å². The summed E-state index contributed by atoms with van der Waals surface area (Å²) in [6.45, 7) is 12.2. The first-order chi connectivity index (χ1) is 13.1. The number of rotatable bonds is 5. The number of carbonyl (C=O) groups is 2. The molecule has 1 aromatic rings. The third kappa shape index (κ3) is 4.00. The van der Waals surface area contributed by atoms with E-state index in [1.807, 2.05) is 0 Å². The van der Waals surface area contributed by atoms with Crippen LogP contribution in [0.4, 0.5) is 0 Å². The molecular formula is C18H26N3NaO6SSi. The maximum absolute atomic E-state index is 12.9. The van der Waals surface area contributed by atoms with Crippen LogP contribution in [0.25, 0.3) is 0 Å². The Kier molecular flexibility index (Phi) is 6.72. The summed E-state index contributed by atoms with van der Waals surface area (Å²) >= 11 is 0. The Bertz CT molecular complexity index is 994. The minimum atomic E-state index is -3.64. The molecule has 3 rings (SSSR count). The molecule has 0 spiro atoms. The summed E-state index contributed by atoms with van der Waals surface area (Å²) in [5, 5.41) is 18.9. The Balaban J connectivity index is 0.00000320. The second-order valence-electron chi connectivity index (χ2n) is 9.32. The van der Waals surface area contributed by atoms with Gasteiger partial charge in [0.25, 0.3) is 0 Å². The van der Waals surface area contributed by atoms with Gasteiger partial charge in [-0.3, -0.25) is 4.79 Å². The van der Waals surface area contributed by atoms with Gasteiger partial charge in [0.05, 0.1) is 29.7 Å². The van der Waals surface area contributed by atoms with E-state index >= 15 is 0 Å². The summed E-state index contributed by atoms with van der Waals surface area (Å²) in [7, 11) is -5.82. The van der Waals surface area contributed by atoms with Crippen molar-refractivity contribution in [2.45, 2.75) is 69.0 Å². The molecule has 1 fully saturated rings. The van der Waals surface area contributed by atoms with Gasteiger partial charge in [0.15, 0.2) is 23.2 Å². The molecule has 2 aliphatic heterocycles. The number of carboxylic acid groups (broad SMARTS) is 1. The number of sulfone groups is 1. The molecule has 1 amide bonds. The normalized spacial score (nSPS) is 24.4. The number of aromatic nitrogens is 2. The van der Waals surface area contributed by atoms with E-state index < -0.39 is 48.2 Å². The fourth-order valence-electron chi connectivity index (χ4n) is 3.72. The van der Waals surface area contributed by atoms with E-state index in [1.165, 1.54) is 11.0 Å². The predicted octanol–water partition coefficient (Wildman–Crippen LogP) is -2.40. The minimum Gasteiger partial charge on any atom is -0.547 e. The van der Waals surface area contributed by atoms with Gasteiger partial charge in [0.2, 0.25) is 5.91 Å². The van der Waals surface area contributed by atoms with Gasteiger partial charge in [-0.2, -0.15) is 5.10 Å². The van der Waals surface area contributed by atoms with Crippen molar-refractivity contribution < 1.29 is 57.1 Å². The molecule has 0 saturated carbocycles. The summed E-state index contributed by atoms with van der Waals surface area (Å²) in [5.74, 6) is -2.46. The summed E-state index contributed by atoms with van der Waals surface area (Å²) in [6.07, 6.45) is 0.534. The van der Waals surface area contributed by atoms with Crippen LogP contribution in [0.5, 0.6) is 0 Å². The quantitative estimate of drug-likeness (QED) is 0.349. The summed E-state index contributed by atoms with van der Waals surface area (Å²) in [4.78, 5) is 25.8. The van der Waals surface area contributed by atoms with Gasteiger partial charge in [0, 0.05) is 11.8 Å². The van der Waals surface area contributed by atoms with Crippen molar-refractivity contribution in [2.24, 2.45) is 5.92 Å². The van der Waals surface area contributed by atoms with Gasteiger partial charge in [-0.05, 0) is 31.1 Å². The number of β-lactam (4-membered cyclic amide) rings is 1. The molecule has 1 unspecified atom stereocenters. The summed E-state index contributed by atoms with van der Waals surface area (Å²) < 4.78 is 30.2. The van der Waals surface area contributed by atoms with Gasteiger partial charge < -0.3 is 19.2 Å². The van der Waals surface area contributed by atoms with Crippen LogP contribution in [0.1, 0.15) is 51.0 Å². The van der Waals surface area contributed by atoms with Crippen molar-refractivity contribution in [3.63, 3.8) is 0 Å². The summed E-state index contributed by atoms with van der Waals surface area (Å²) in [6, 6.07) is -0.687. The van der Waals surface area contributed by atoms with E-state index in [0.29, 0.717) is 5.56 Å². The van der Waals surface area contributed by atoms with Crippen LogP contribution in [-0.4, -0.2) is 56.1 Å². The molecule has 2 aliphatic rings. The van der Waals surface area contributed by atoms with Crippen LogP contribution in [0.2, 0.25) is 18.1 Å². The van der Waals surface area contributed by atoms with E-state index in [0.717, 1.165) is 6.26 Å². The largest absolute Gasteiger partial charge is 1.00 e. The number of hydrogen-bond donors (Lipinski definition) is 0. The smallest absolute Gasteiger partial charge is 0.547 e. The SMILES string of the molecule is C[C@@H](O[Si](C)(C)C(C)(C)C)[C@H]1C(=O)N2C(C(=O)[O-])c3nnc(S(C)(=O)=O)cc3[C@H]12.[Na+]. The molecule has 0 aromatic carbocycles. The molecule has 12 heteroatoms. The zero-order valence-electron chi connectivity index (χ0n) is 18.6. The molecule has 0 aliphatic carbocycles. The van der Waals surface area contributed by atoms with E-state index in [1.54, 1.807) is 6.92 Å². The monoisotopic (exact) mass is 463 g/mol. The third-order valence-corrected chi connectivity index (χ3v) is 11.8. The van der Waals surface area contributed by atoms with Crippen molar-refractivity contribution in [2.75, 3.05) is 6.26 Å². The van der Waals surface area contributed by atoms with Gasteiger partial charge in [-0.15, -0.1) is 5.10 Å². The molecule has 0 bridgehead atoms. The minimum absolute atomic E-state index is 0.